The number of nitrogens with zero attached hydrogens (tertiary/aromatic N) is 5. The Morgan fingerprint density at radius 2 is 1.73 bits per heavy atom. The molecule has 2 heterocycles. The smallest absolute Gasteiger partial charge is 0.330 e. The van der Waals surface area contributed by atoms with E-state index in [2.05, 4.69) is 48.3 Å². The van der Waals surface area contributed by atoms with Crippen molar-refractivity contribution >= 4 is 40.4 Å². The number of para-hydroxylation sites is 1. The van der Waals surface area contributed by atoms with Crippen LogP contribution < -0.4 is 15.9 Å². The molecular formula is C25H30N6OS. The third kappa shape index (κ3) is 4.57. The van der Waals surface area contributed by atoms with Crippen molar-refractivity contribution in [3.05, 3.63) is 75.3 Å². The molecule has 4 rings (SSSR count). The highest BCUT2D eigenvalue weighted by Crippen LogP contribution is 2.28. The topological polar surface area (TPSA) is 60.0 Å². The molecule has 0 unspecified atom stereocenters. The third-order valence-corrected chi connectivity index (χ3v) is 6.07. The van der Waals surface area contributed by atoms with Crippen LogP contribution in [0.1, 0.15) is 19.4 Å². The van der Waals surface area contributed by atoms with Crippen molar-refractivity contribution in [2.45, 2.75) is 26.9 Å². The van der Waals surface area contributed by atoms with Gasteiger partial charge in [0.25, 0.3) is 0 Å². The van der Waals surface area contributed by atoms with Crippen molar-refractivity contribution in [1.29, 1.82) is 0 Å². The van der Waals surface area contributed by atoms with Gasteiger partial charge >= 0.3 is 5.69 Å². The molecule has 2 aromatic carbocycles. The number of fused-ring (bicyclic) bond motifs is 1. The molecule has 0 radical (unpaired) electrons. The van der Waals surface area contributed by atoms with E-state index in [1.54, 1.807) is 11.6 Å². The van der Waals surface area contributed by atoms with Crippen molar-refractivity contribution in [2.24, 2.45) is 13.0 Å². The molecule has 0 amide bonds. The molecule has 0 fully saturated rings. The van der Waals surface area contributed by atoms with Crippen molar-refractivity contribution in [1.82, 2.24) is 18.9 Å². The van der Waals surface area contributed by atoms with Crippen LogP contribution in [0, 0.1) is 10.6 Å². The van der Waals surface area contributed by atoms with E-state index < -0.39 is 0 Å². The van der Waals surface area contributed by atoms with E-state index in [0.29, 0.717) is 23.4 Å². The molecule has 7 nitrogen and oxygen atoms in total. The fraction of sp³-hybridized carbons (Fsp3) is 0.320. The molecule has 8 heteroatoms. The molecule has 0 saturated carbocycles. The molecule has 2 aromatic heterocycles. The molecule has 1 N–H and O–H groups in total. The van der Waals surface area contributed by atoms with E-state index in [-0.39, 0.29) is 11.6 Å². The number of hydrogen-bond acceptors (Lipinski definition) is 5. The summed E-state index contributed by atoms with van der Waals surface area (Å²) >= 11 is 5.73. The van der Waals surface area contributed by atoms with Crippen LogP contribution in [0.4, 0.5) is 17.2 Å². The highest BCUT2D eigenvalue weighted by molar-refractivity contribution is 7.71. The Hall–Kier alpha value is -3.39. The number of rotatable bonds is 7. The number of anilines is 3. The van der Waals surface area contributed by atoms with Gasteiger partial charge in [-0.3, -0.25) is 9.13 Å². The van der Waals surface area contributed by atoms with E-state index in [1.165, 1.54) is 4.57 Å². The van der Waals surface area contributed by atoms with Gasteiger partial charge in [-0.2, -0.15) is 5.10 Å². The molecule has 4 aromatic rings. The lowest BCUT2D eigenvalue weighted by Crippen LogP contribution is -2.31. The predicted molar refractivity (Wildman–Crippen MR) is 138 cm³/mol. The van der Waals surface area contributed by atoms with Gasteiger partial charge in [-0.15, -0.1) is 0 Å². The first-order valence-corrected chi connectivity index (χ1v) is 11.5. The van der Waals surface area contributed by atoms with Crippen LogP contribution in [0.15, 0.2) is 59.4 Å². The summed E-state index contributed by atoms with van der Waals surface area (Å²) in [6.07, 6.45) is 0. The van der Waals surface area contributed by atoms with E-state index in [9.17, 15) is 4.79 Å². The van der Waals surface area contributed by atoms with Gasteiger partial charge < -0.3 is 10.2 Å². The summed E-state index contributed by atoms with van der Waals surface area (Å²) in [5.74, 6) is 1.07. The fourth-order valence-electron chi connectivity index (χ4n) is 3.86. The summed E-state index contributed by atoms with van der Waals surface area (Å²) in [6, 6.07) is 18.3. The van der Waals surface area contributed by atoms with Crippen LogP contribution in [-0.4, -0.2) is 33.0 Å². The van der Waals surface area contributed by atoms with Crippen molar-refractivity contribution in [2.75, 3.05) is 24.3 Å². The first-order valence-electron chi connectivity index (χ1n) is 11.0. The van der Waals surface area contributed by atoms with Gasteiger partial charge in [0.1, 0.15) is 10.5 Å². The second-order valence-corrected chi connectivity index (χ2v) is 9.29. The summed E-state index contributed by atoms with van der Waals surface area (Å²) in [7, 11) is 5.77. The second-order valence-electron chi connectivity index (χ2n) is 8.91. The molecule has 0 aliphatic carbocycles. The summed E-state index contributed by atoms with van der Waals surface area (Å²) in [5.41, 5.74) is 3.64. The molecule has 0 aliphatic rings. The van der Waals surface area contributed by atoms with Crippen LogP contribution in [-0.2, 0) is 20.1 Å². The average molecular weight is 463 g/mol. The van der Waals surface area contributed by atoms with Gasteiger partial charge in [0.05, 0.1) is 11.9 Å². The minimum Gasteiger partial charge on any atom is -0.378 e. The van der Waals surface area contributed by atoms with Gasteiger partial charge in [-0.05, 0) is 35.7 Å². The van der Waals surface area contributed by atoms with E-state index in [1.807, 2.05) is 49.1 Å². The zero-order valence-electron chi connectivity index (χ0n) is 19.7. The summed E-state index contributed by atoms with van der Waals surface area (Å²) < 4.78 is 5.66. The number of aromatic nitrogens is 4. The number of benzene rings is 2. The van der Waals surface area contributed by atoms with Gasteiger partial charge in [0.15, 0.2) is 5.65 Å². The lowest BCUT2D eigenvalue weighted by atomic mass is 10.2. The summed E-state index contributed by atoms with van der Waals surface area (Å²) in [6.45, 7) is 5.29. The van der Waals surface area contributed by atoms with Crippen molar-refractivity contribution in [3.63, 3.8) is 0 Å². The lowest BCUT2D eigenvalue weighted by Gasteiger charge is -2.14. The molecule has 0 bridgehead atoms. The quantitative estimate of drug-likeness (QED) is 0.401. The fourth-order valence-corrected chi connectivity index (χ4v) is 4.13. The Bertz CT molecular complexity index is 1380. The third-order valence-electron chi connectivity index (χ3n) is 5.60. The molecule has 172 valence electrons. The number of hydrogen-bond donors (Lipinski definition) is 1. The lowest BCUT2D eigenvalue weighted by molar-refractivity contribution is 0.499. The SMILES string of the molecule is CC(C)Cn1c(=O)n(C)c(=S)c2c(Nc3ccccc3)n(Cc3ccc(N(C)C)cc3)nc21. The van der Waals surface area contributed by atoms with Crippen LogP contribution in [0.3, 0.4) is 0 Å². The Morgan fingerprint density at radius 1 is 1.06 bits per heavy atom. The van der Waals surface area contributed by atoms with Crippen molar-refractivity contribution in [3.8, 4) is 0 Å². The Kier molecular flexibility index (Phi) is 6.37. The molecule has 0 aliphatic heterocycles. The Morgan fingerprint density at radius 3 is 2.33 bits per heavy atom. The summed E-state index contributed by atoms with van der Waals surface area (Å²) in [5, 5.41) is 9.19. The highest BCUT2D eigenvalue weighted by Gasteiger charge is 2.20. The maximum atomic E-state index is 13.1. The van der Waals surface area contributed by atoms with Gasteiger partial charge in [0.2, 0.25) is 0 Å². The summed E-state index contributed by atoms with van der Waals surface area (Å²) in [4.78, 5) is 15.1. The van der Waals surface area contributed by atoms with Crippen LogP contribution in [0.5, 0.6) is 0 Å². The first-order chi connectivity index (χ1) is 15.8. The van der Waals surface area contributed by atoms with Crippen LogP contribution in [0.25, 0.3) is 11.0 Å². The second kappa shape index (κ2) is 9.23. The normalized spacial score (nSPS) is 11.3. The van der Waals surface area contributed by atoms with Crippen LogP contribution >= 0.6 is 12.2 Å². The predicted octanol–water partition coefficient (Wildman–Crippen LogP) is 4.78. The van der Waals surface area contributed by atoms with E-state index in [0.717, 1.165) is 28.1 Å². The maximum Gasteiger partial charge on any atom is 0.330 e. The molecule has 0 atom stereocenters. The van der Waals surface area contributed by atoms with Crippen LogP contribution in [0.2, 0.25) is 0 Å². The minimum absolute atomic E-state index is 0.146. The minimum atomic E-state index is -0.146. The Labute approximate surface area is 198 Å². The van der Waals surface area contributed by atoms with Gasteiger partial charge in [-0.25, -0.2) is 9.48 Å². The highest BCUT2D eigenvalue weighted by atomic mass is 32.1. The molecule has 33 heavy (non-hydrogen) atoms. The van der Waals surface area contributed by atoms with E-state index in [4.69, 9.17) is 17.3 Å². The van der Waals surface area contributed by atoms with E-state index >= 15 is 0 Å². The molecule has 0 spiro atoms. The molecular weight excluding hydrogens is 432 g/mol. The maximum absolute atomic E-state index is 13.1. The van der Waals surface area contributed by atoms with Crippen molar-refractivity contribution < 1.29 is 0 Å². The first kappa shape index (κ1) is 22.8. The largest absolute Gasteiger partial charge is 0.378 e. The zero-order chi connectivity index (χ0) is 23.7. The van der Waals surface area contributed by atoms with Gasteiger partial charge in [0, 0.05) is 39.1 Å². The monoisotopic (exact) mass is 462 g/mol. The zero-order valence-corrected chi connectivity index (χ0v) is 20.6. The van der Waals surface area contributed by atoms with Gasteiger partial charge in [-0.1, -0.05) is 56.4 Å². The Balaban J connectivity index is 1.92. The number of nitrogens with one attached hydrogen (secondary N) is 1. The molecule has 0 saturated heterocycles. The average Bonchev–Trinajstić information content (AvgIpc) is 3.13. The standard InChI is InChI=1S/C25H30N6OS/c1-17(2)15-30-23-21(24(33)29(5)25(30)32)22(26-19-9-7-6-8-10-19)31(27-23)16-18-11-13-20(14-12-18)28(3)4/h6-14,17,26H,15-16H2,1-5H3.